The summed E-state index contributed by atoms with van der Waals surface area (Å²) in [6.07, 6.45) is 12.4. The fraction of sp³-hybridized carbons (Fsp3) is 0.556. The van der Waals surface area contributed by atoms with E-state index in [9.17, 15) is 4.79 Å². The Morgan fingerprint density at radius 1 is 1.24 bits per heavy atom. The van der Waals surface area contributed by atoms with Crippen LogP contribution >= 0.6 is 27.5 Å². The normalized spacial score (nSPS) is 20.9. The van der Waals surface area contributed by atoms with E-state index in [0.29, 0.717) is 24.7 Å². The molecule has 2 aliphatic heterocycles. The maximum atomic E-state index is 12.5. The average molecular weight is 606 g/mol. The van der Waals surface area contributed by atoms with E-state index in [0.717, 1.165) is 65.3 Å². The van der Waals surface area contributed by atoms with E-state index in [-0.39, 0.29) is 18.2 Å². The Hall–Kier alpha value is -2.43. The molecular formula is C27H34BrClN6O3. The standard InChI is InChI=1S/C27H34BrClN6O3/c1-27(2,3)38-26(36)33-11-6-8-18(17-33)22-16-30-34(32-22)12-7-9-19-21(29)14-23-20(25(19)28)15-31-35(23)24-10-4-5-13-37-24/h7,9,14-16,18,24H,4-6,8,10-13,17H2,1-3H3/b9-7-. The predicted octanol–water partition coefficient (Wildman–Crippen LogP) is 6.57. The number of piperidine rings is 1. The summed E-state index contributed by atoms with van der Waals surface area (Å²) < 4.78 is 14.3. The number of halogens is 2. The molecule has 204 valence electrons. The molecule has 1 amide bonds. The number of amides is 1. The second kappa shape index (κ2) is 11.4. The zero-order valence-corrected chi connectivity index (χ0v) is 24.4. The molecule has 5 rings (SSSR count). The quantitative estimate of drug-likeness (QED) is 0.327. The molecule has 0 radical (unpaired) electrons. The largest absolute Gasteiger partial charge is 0.444 e. The highest BCUT2D eigenvalue weighted by Crippen LogP contribution is 2.36. The van der Waals surface area contributed by atoms with Crippen molar-refractivity contribution in [3.63, 3.8) is 0 Å². The van der Waals surface area contributed by atoms with Gasteiger partial charge in [-0.1, -0.05) is 23.8 Å². The van der Waals surface area contributed by atoms with Crippen molar-refractivity contribution in [1.29, 1.82) is 0 Å². The fourth-order valence-electron chi connectivity index (χ4n) is 4.99. The molecule has 0 spiro atoms. The van der Waals surface area contributed by atoms with Crippen LogP contribution in [0.2, 0.25) is 5.02 Å². The van der Waals surface area contributed by atoms with Gasteiger partial charge in [-0.05, 0) is 74.9 Å². The number of hydrogen-bond acceptors (Lipinski definition) is 6. The zero-order chi connectivity index (χ0) is 26.9. The van der Waals surface area contributed by atoms with Gasteiger partial charge in [0.2, 0.25) is 0 Å². The molecule has 9 nitrogen and oxygen atoms in total. The third-order valence-electron chi connectivity index (χ3n) is 6.85. The monoisotopic (exact) mass is 604 g/mol. The van der Waals surface area contributed by atoms with Gasteiger partial charge in [0.1, 0.15) is 5.60 Å². The summed E-state index contributed by atoms with van der Waals surface area (Å²) >= 11 is 10.4. The molecule has 2 aromatic heterocycles. The Balaban J connectivity index is 1.25. The SMILES string of the molecule is CC(C)(C)OC(=O)N1CCCC(c2cnn(C/C=C\c3c(Cl)cc4c(cnn4C4CCCCO4)c3Br)n2)C1. The number of nitrogens with zero attached hydrogens (tertiary/aromatic N) is 6. The number of likely N-dealkylation sites (tertiary alicyclic amines) is 1. The lowest BCUT2D eigenvalue weighted by Crippen LogP contribution is -2.42. The van der Waals surface area contributed by atoms with E-state index in [2.05, 4.69) is 31.2 Å². The third-order valence-corrected chi connectivity index (χ3v) is 8.02. The molecule has 0 bridgehead atoms. The van der Waals surface area contributed by atoms with Crippen molar-refractivity contribution in [3.05, 3.63) is 45.3 Å². The van der Waals surface area contributed by atoms with E-state index in [4.69, 9.17) is 21.1 Å². The second-order valence-electron chi connectivity index (χ2n) is 10.9. The van der Waals surface area contributed by atoms with Crippen LogP contribution < -0.4 is 0 Å². The number of rotatable bonds is 5. The maximum absolute atomic E-state index is 12.5. The van der Waals surface area contributed by atoms with Crippen molar-refractivity contribution in [2.45, 2.75) is 77.2 Å². The number of carbonyl (C=O) groups is 1. The smallest absolute Gasteiger partial charge is 0.410 e. The van der Waals surface area contributed by atoms with Gasteiger partial charge in [0, 0.05) is 41.0 Å². The molecule has 4 heterocycles. The van der Waals surface area contributed by atoms with Crippen LogP contribution in [0.25, 0.3) is 17.0 Å². The molecule has 2 atom stereocenters. The lowest BCUT2D eigenvalue weighted by atomic mass is 9.96. The van der Waals surface area contributed by atoms with Crippen molar-refractivity contribution in [2.75, 3.05) is 19.7 Å². The van der Waals surface area contributed by atoms with Crippen molar-refractivity contribution in [1.82, 2.24) is 29.7 Å². The minimum atomic E-state index is -0.508. The van der Waals surface area contributed by atoms with E-state index in [1.807, 2.05) is 49.9 Å². The van der Waals surface area contributed by atoms with Crippen molar-refractivity contribution >= 4 is 50.6 Å². The minimum Gasteiger partial charge on any atom is -0.444 e. The van der Waals surface area contributed by atoms with Crippen molar-refractivity contribution in [3.8, 4) is 0 Å². The Morgan fingerprint density at radius 2 is 2.08 bits per heavy atom. The van der Waals surface area contributed by atoms with Crippen molar-refractivity contribution in [2.24, 2.45) is 0 Å². The molecule has 38 heavy (non-hydrogen) atoms. The molecule has 2 saturated heterocycles. The fourth-order valence-corrected chi connectivity index (χ4v) is 6.02. The van der Waals surface area contributed by atoms with Gasteiger partial charge in [-0.2, -0.15) is 20.1 Å². The summed E-state index contributed by atoms with van der Waals surface area (Å²) in [7, 11) is 0. The number of aromatic nitrogens is 5. The van der Waals surface area contributed by atoms with Crippen LogP contribution in [0.1, 0.15) is 76.3 Å². The number of ether oxygens (including phenoxy) is 2. The Bertz CT molecular complexity index is 1320. The number of benzene rings is 1. The van der Waals surface area contributed by atoms with Gasteiger partial charge in [0.25, 0.3) is 0 Å². The summed E-state index contributed by atoms with van der Waals surface area (Å²) in [4.78, 5) is 16.0. The lowest BCUT2D eigenvalue weighted by Gasteiger charge is -2.33. The molecule has 2 unspecified atom stereocenters. The van der Waals surface area contributed by atoms with E-state index >= 15 is 0 Å². The number of carbonyl (C=O) groups excluding carboxylic acids is 1. The van der Waals surface area contributed by atoms with Gasteiger partial charge < -0.3 is 14.4 Å². The van der Waals surface area contributed by atoms with Gasteiger partial charge in [-0.3, -0.25) is 0 Å². The summed E-state index contributed by atoms with van der Waals surface area (Å²) in [5.41, 5.74) is 2.23. The first-order valence-corrected chi connectivity index (χ1v) is 14.4. The predicted molar refractivity (Wildman–Crippen MR) is 150 cm³/mol. The molecule has 2 aliphatic rings. The average Bonchev–Trinajstić information content (AvgIpc) is 3.53. The van der Waals surface area contributed by atoms with Gasteiger partial charge in [0.15, 0.2) is 6.23 Å². The summed E-state index contributed by atoms with van der Waals surface area (Å²) in [5.74, 6) is 0.143. The van der Waals surface area contributed by atoms with E-state index in [1.54, 1.807) is 15.9 Å². The molecule has 0 aliphatic carbocycles. The van der Waals surface area contributed by atoms with Crippen molar-refractivity contribution < 1.29 is 14.3 Å². The van der Waals surface area contributed by atoms with Crippen LogP contribution in [0.5, 0.6) is 0 Å². The minimum absolute atomic E-state index is 0.0499. The highest BCUT2D eigenvalue weighted by Gasteiger charge is 2.29. The summed E-state index contributed by atoms with van der Waals surface area (Å²) in [5, 5.41) is 15.4. The van der Waals surface area contributed by atoms with Crippen LogP contribution in [0.15, 0.2) is 29.0 Å². The first kappa shape index (κ1) is 27.1. The van der Waals surface area contributed by atoms with Crippen LogP contribution in [0, 0.1) is 0 Å². The van der Waals surface area contributed by atoms with Gasteiger partial charge in [-0.15, -0.1) is 0 Å². The molecular weight excluding hydrogens is 572 g/mol. The molecule has 3 aromatic rings. The lowest BCUT2D eigenvalue weighted by molar-refractivity contribution is -0.0366. The zero-order valence-electron chi connectivity index (χ0n) is 22.1. The van der Waals surface area contributed by atoms with E-state index < -0.39 is 5.60 Å². The van der Waals surface area contributed by atoms with Crippen LogP contribution in [0.4, 0.5) is 4.79 Å². The molecule has 11 heteroatoms. The van der Waals surface area contributed by atoms with Crippen LogP contribution in [-0.2, 0) is 16.0 Å². The number of hydrogen-bond donors (Lipinski definition) is 0. The third kappa shape index (κ3) is 6.07. The summed E-state index contributed by atoms with van der Waals surface area (Å²) in [6, 6.07) is 1.95. The molecule has 1 aromatic carbocycles. The first-order valence-electron chi connectivity index (χ1n) is 13.2. The van der Waals surface area contributed by atoms with Gasteiger partial charge >= 0.3 is 6.09 Å². The number of allylic oxidation sites excluding steroid dienone is 1. The topological polar surface area (TPSA) is 87.3 Å². The highest BCUT2D eigenvalue weighted by molar-refractivity contribution is 9.10. The number of fused-ring (bicyclic) bond motifs is 1. The maximum Gasteiger partial charge on any atom is 0.410 e. The first-order chi connectivity index (χ1) is 18.2. The van der Waals surface area contributed by atoms with Gasteiger partial charge in [0.05, 0.1) is 35.2 Å². The Labute approximate surface area is 236 Å². The van der Waals surface area contributed by atoms with Crippen LogP contribution in [-0.4, -0.2) is 61.1 Å². The molecule has 0 N–H and O–H groups in total. The second-order valence-corrected chi connectivity index (χ2v) is 12.1. The Morgan fingerprint density at radius 3 is 2.84 bits per heavy atom. The molecule has 0 saturated carbocycles. The van der Waals surface area contributed by atoms with Gasteiger partial charge in [-0.25, -0.2) is 9.48 Å². The van der Waals surface area contributed by atoms with E-state index in [1.165, 1.54) is 0 Å². The summed E-state index contributed by atoms with van der Waals surface area (Å²) in [6.45, 7) is 8.20. The highest BCUT2D eigenvalue weighted by atomic mass is 79.9. The Kier molecular flexibility index (Phi) is 8.11. The molecule has 2 fully saturated rings. The van der Waals surface area contributed by atoms with Crippen LogP contribution in [0.3, 0.4) is 0 Å².